The smallest absolute Gasteiger partial charge is 0.191 e. The van der Waals surface area contributed by atoms with Gasteiger partial charge in [-0.3, -0.25) is 9.67 Å². The fourth-order valence-corrected chi connectivity index (χ4v) is 2.51. The van der Waals surface area contributed by atoms with Gasteiger partial charge in [-0.1, -0.05) is 18.2 Å². The van der Waals surface area contributed by atoms with E-state index in [-0.39, 0.29) is 24.0 Å². The zero-order valence-corrected chi connectivity index (χ0v) is 16.0. The van der Waals surface area contributed by atoms with Crippen LogP contribution in [0.4, 0.5) is 0 Å². The zero-order chi connectivity index (χ0) is 15.9. The van der Waals surface area contributed by atoms with Crippen LogP contribution < -0.4 is 10.6 Å². The predicted molar refractivity (Wildman–Crippen MR) is 109 cm³/mol. The second kappa shape index (κ2) is 9.31. The Labute approximate surface area is 158 Å². The van der Waals surface area contributed by atoms with E-state index in [1.165, 1.54) is 5.39 Å². The number of nitrogens with zero attached hydrogens (tertiary/aromatic N) is 3. The number of guanidine groups is 1. The summed E-state index contributed by atoms with van der Waals surface area (Å²) in [5.74, 6) is 0.809. The third-order valence-corrected chi connectivity index (χ3v) is 3.67. The molecule has 0 aliphatic rings. The van der Waals surface area contributed by atoms with E-state index in [1.54, 1.807) is 13.2 Å². The molecule has 0 saturated carbocycles. The maximum absolute atomic E-state index is 4.25. The van der Waals surface area contributed by atoms with Gasteiger partial charge in [-0.05, 0) is 30.0 Å². The van der Waals surface area contributed by atoms with Crippen LogP contribution >= 0.6 is 24.0 Å². The van der Waals surface area contributed by atoms with Crippen molar-refractivity contribution in [1.82, 2.24) is 25.4 Å². The normalized spacial score (nSPS) is 11.3. The first-order chi connectivity index (χ1) is 11.3. The lowest BCUT2D eigenvalue weighted by Crippen LogP contribution is -2.37. The lowest BCUT2D eigenvalue weighted by atomic mass is 10.2. The number of nitrogens with one attached hydrogen (secondary N) is 3. The second-order valence-electron chi connectivity index (χ2n) is 5.36. The zero-order valence-electron chi connectivity index (χ0n) is 13.7. The number of halogens is 1. The van der Waals surface area contributed by atoms with Crippen molar-refractivity contribution in [3.05, 3.63) is 54.5 Å². The van der Waals surface area contributed by atoms with Crippen molar-refractivity contribution in [3.63, 3.8) is 0 Å². The highest BCUT2D eigenvalue weighted by Crippen LogP contribution is 2.14. The van der Waals surface area contributed by atoms with Gasteiger partial charge >= 0.3 is 0 Å². The highest BCUT2D eigenvalue weighted by atomic mass is 127. The van der Waals surface area contributed by atoms with Gasteiger partial charge in [0.25, 0.3) is 0 Å². The molecule has 3 N–H and O–H groups in total. The molecule has 0 unspecified atom stereocenters. The Morgan fingerprint density at radius 3 is 2.88 bits per heavy atom. The molecule has 2 aromatic heterocycles. The predicted octanol–water partition coefficient (Wildman–Crippen LogP) is 2.74. The van der Waals surface area contributed by atoms with Crippen LogP contribution in [0.5, 0.6) is 0 Å². The topological polar surface area (TPSA) is 70.0 Å². The van der Waals surface area contributed by atoms with Crippen molar-refractivity contribution < 1.29 is 0 Å². The molecular formula is C17H23IN6. The van der Waals surface area contributed by atoms with E-state index < -0.39 is 0 Å². The molecular weight excluding hydrogens is 415 g/mol. The molecule has 0 spiro atoms. The van der Waals surface area contributed by atoms with E-state index in [0.717, 1.165) is 36.7 Å². The number of benzene rings is 1. The lowest BCUT2D eigenvalue weighted by Gasteiger charge is -2.11. The first kappa shape index (κ1) is 18.3. The van der Waals surface area contributed by atoms with E-state index in [1.807, 2.05) is 29.1 Å². The summed E-state index contributed by atoms with van der Waals surface area (Å²) in [5.41, 5.74) is 2.30. The monoisotopic (exact) mass is 438 g/mol. The summed E-state index contributed by atoms with van der Waals surface area (Å²) in [6, 6.07) is 12.4. The van der Waals surface area contributed by atoms with Crippen molar-refractivity contribution in [2.45, 2.75) is 19.5 Å². The molecule has 0 radical (unpaired) electrons. The van der Waals surface area contributed by atoms with Crippen LogP contribution in [0.2, 0.25) is 0 Å². The number of hydrogen-bond donors (Lipinski definition) is 3. The number of aromatic nitrogens is 3. The summed E-state index contributed by atoms with van der Waals surface area (Å²) in [4.78, 5) is 7.65. The molecule has 0 fully saturated rings. The van der Waals surface area contributed by atoms with Crippen molar-refractivity contribution >= 4 is 40.8 Å². The SMILES string of the molecule is CN=C(NCCCn1cccn1)NCc1cc2ccccc2[nH]1.I. The Kier molecular flexibility index (Phi) is 7.10. The van der Waals surface area contributed by atoms with Crippen LogP contribution in [-0.4, -0.2) is 34.3 Å². The molecule has 7 heteroatoms. The molecule has 24 heavy (non-hydrogen) atoms. The van der Waals surface area contributed by atoms with E-state index in [0.29, 0.717) is 6.54 Å². The van der Waals surface area contributed by atoms with Gasteiger partial charge in [-0.15, -0.1) is 24.0 Å². The molecule has 3 rings (SSSR count). The quantitative estimate of drug-likeness (QED) is 0.240. The molecule has 0 bridgehead atoms. The number of para-hydroxylation sites is 1. The highest BCUT2D eigenvalue weighted by Gasteiger charge is 2.02. The standard InChI is InChI=1S/C17H22N6.HI/c1-18-17(19-8-4-10-23-11-5-9-21-23)20-13-15-12-14-6-2-3-7-16(14)22-15;/h2-3,5-7,9,11-12,22H,4,8,10,13H2,1H3,(H2,18,19,20);1H. The number of aryl methyl sites for hydroxylation is 1. The lowest BCUT2D eigenvalue weighted by molar-refractivity contribution is 0.570. The number of aromatic amines is 1. The summed E-state index contributed by atoms with van der Waals surface area (Å²) >= 11 is 0. The molecule has 1 aromatic carbocycles. The van der Waals surface area contributed by atoms with Crippen LogP contribution in [0.15, 0.2) is 53.8 Å². The molecule has 6 nitrogen and oxygen atoms in total. The van der Waals surface area contributed by atoms with Gasteiger partial charge in [-0.25, -0.2) is 0 Å². The van der Waals surface area contributed by atoms with Crippen LogP contribution in [0.3, 0.4) is 0 Å². The molecule has 0 aliphatic carbocycles. The summed E-state index contributed by atoms with van der Waals surface area (Å²) < 4.78 is 1.93. The molecule has 128 valence electrons. The fourth-order valence-electron chi connectivity index (χ4n) is 2.51. The summed E-state index contributed by atoms with van der Waals surface area (Å²) in [6.45, 7) is 2.47. The first-order valence-corrected chi connectivity index (χ1v) is 7.84. The Balaban J connectivity index is 0.00000208. The summed E-state index contributed by atoms with van der Waals surface area (Å²) in [7, 11) is 1.79. The molecule has 0 aliphatic heterocycles. The number of rotatable bonds is 6. The highest BCUT2D eigenvalue weighted by molar-refractivity contribution is 14.0. The van der Waals surface area contributed by atoms with Crippen LogP contribution in [0.25, 0.3) is 10.9 Å². The number of fused-ring (bicyclic) bond motifs is 1. The Morgan fingerprint density at radius 1 is 1.25 bits per heavy atom. The molecule has 0 saturated heterocycles. The van der Waals surface area contributed by atoms with Crippen molar-refractivity contribution in [3.8, 4) is 0 Å². The minimum absolute atomic E-state index is 0. The van der Waals surface area contributed by atoms with Crippen molar-refractivity contribution in [2.24, 2.45) is 4.99 Å². The van der Waals surface area contributed by atoms with Crippen LogP contribution in [0, 0.1) is 0 Å². The molecule has 0 amide bonds. The number of hydrogen-bond acceptors (Lipinski definition) is 2. The third kappa shape index (κ3) is 4.98. The Hall–Kier alpha value is -2.03. The largest absolute Gasteiger partial charge is 0.357 e. The Morgan fingerprint density at radius 2 is 2.12 bits per heavy atom. The summed E-state index contributed by atoms with van der Waals surface area (Å²) in [5, 5.41) is 12.1. The summed E-state index contributed by atoms with van der Waals surface area (Å²) in [6.07, 6.45) is 4.77. The second-order valence-corrected chi connectivity index (χ2v) is 5.36. The molecule has 3 aromatic rings. The van der Waals surface area contributed by atoms with Crippen molar-refractivity contribution in [2.75, 3.05) is 13.6 Å². The average molecular weight is 438 g/mol. The van der Waals surface area contributed by atoms with Gasteiger partial charge in [0.2, 0.25) is 0 Å². The number of aliphatic imine (C=N–C) groups is 1. The average Bonchev–Trinajstić information content (AvgIpc) is 3.23. The molecule has 0 atom stereocenters. The van der Waals surface area contributed by atoms with Crippen molar-refractivity contribution in [1.29, 1.82) is 0 Å². The fraction of sp³-hybridized carbons (Fsp3) is 0.294. The number of H-pyrrole nitrogens is 1. The maximum Gasteiger partial charge on any atom is 0.191 e. The van der Waals surface area contributed by atoms with E-state index in [9.17, 15) is 0 Å². The maximum atomic E-state index is 4.25. The Bertz CT molecular complexity index is 729. The third-order valence-electron chi connectivity index (χ3n) is 3.67. The van der Waals surface area contributed by atoms with E-state index in [4.69, 9.17) is 0 Å². The van der Waals surface area contributed by atoms with Gasteiger partial charge in [0.1, 0.15) is 0 Å². The van der Waals surface area contributed by atoms with Crippen LogP contribution in [-0.2, 0) is 13.1 Å². The van der Waals surface area contributed by atoms with Gasteiger partial charge in [0.05, 0.1) is 6.54 Å². The van der Waals surface area contributed by atoms with E-state index >= 15 is 0 Å². The van der Waals surface area contributed by atoms with Gasteiger partial charge in [0.15, 0.2) is 5.96 Å². The minimum Gasteiger partial charge on any atom is -0.357 e. The van der Waals surface area contributed by atoms with Gasteiger partial charge in [-0.2, -0.15) is 5.10 Å². The molecule has 2 heterocycles. The first-order valence-electron chi connectivity index (χ1n) is 7.84. The van der Waals surface area contributed by atoms with Gasteiger partial charge < -0.3 is 15.6 Å². The van der Waals surface area contributed by atoms with E-state index in [2.05, 4.69) is 43.9 Å². The van der Waals surface area contributed by atoms with Crippen LogP contribution in [0.1, 0.15) is 12.1 Å². The van der Waals surface area contributed by atoms with Gasteiger partial charge in [0, 0.05) is 43.7 Å². The minimum atomic E-state index is 0.